The Hall–Kier alpha value is -3.35. The van der Waals surface area contributed by atoms with E-state index in [-0.39, 0.29) is 23.5 Å². The molecule has 1 amide bonds. The molecule has 1 aromatic heterocycles. The number of nitrogens with two attached hydrogens (primary N) is 1. The molecule has 0 aliphatic rings. The smallest absolute Gasteiger partial charge is 0.276 e. The Morgan fingerprint density at radius 2 is 1.88 bits per heavy atom. The molecule has 0 saturated carbocycles. The molecule has 1 atom stereocenters. The lowest BCUT2D eigenvalue weighted by Crippen LogP contribution is -2.27. The Morgan fingerprint density at radius 3 is 2.54 bits per heavy atom. The zero-order valence-electron chi connectivity index (χ0n) is 14.7. The summed E-state index contributed by atoms with van der Waals surface area (Å²) in [5.41, 5.74) is 7.89. The largest absolute Gasteiger partial charge is 0.494 e. The van der Waals surface area contributed by atoms with Crippen molar-refractivity contribution in [2.45, 2.75) is 19.9 Å². The van der Waals surface area contributed by atoms with Gasteiger partial charge in [-0.25, -0.2) is 0 Å². The third-order valence-corrected chi connectivity index (χ3v) is 3.96. The van der Waals surface area contributed by atoms with Crippen LogP contribution in [0.3, 0.4) is 0 Å². The summed E-state index contributed by atoms with van der Waals surface area (Å²) >= 11 is 0. The number of benzene rings is 2. The predicted octanol–water partition coefficient (Wildman–Crippen LogP) is 2.74. The number of aromatic nitrogens is 3. The molecule has 134 valence electrons. The van der Waals surface area contributed by atoms with Gasteiger partial charge in [-0.2, -0.15) is 4.68 Å². The summed E-state index contributed by atoms with van der Waals surface area (Å²) in [6.45, 7) is 4.42. The van der Waals surface area contributed by atoms with E-state index in [2.05, 4.69) is 15.6 Å². The van der Waals surface area contributed by atoms with Crippen molar-refractivity contribution in [1.29, 1.82) is 0 Å². The quantitative estimate of drug-likeness (QED) is 0.712. The van der Waals surface area contributed by atoms with Crippen LogP contribution in [0.25, 0.3) is 5.69 Å². The van der Waals surface area contributed by atoms with Crippen LogP contribution in [0.1, 0.15) is 35.9 Å². The average Bonchev–Trinajstić information content (AvgIpc) is 3.05. The average molecular weight is 351 g/mol. The van der Waals surface area contributed by atoms with Gasteiger partial charge in [0, 0.05) is 0 Å². The molecule has 1 heterocycles. The Kier molecular flexibility index (Phi) is 5.17. The van der Waals surface area contributed by atoms with Crippen molar-refractivity contribution in [3.8, 4) is 11.4 Å². The summed E-state index contributed by atoms with van der Waals surface area (Å²) < 4.78 is 6.84. The second-order valence-electron chi connectivity index (χ2n) is 5.77. The highest BCUT2D eigenvalue weighted by Crippen LogP contribution is 2.19. The number of carbonyl (C=O) groups is 1. The van der Waals surface area contributed by atoms with Crippen LogP contribution in [0.15, 0.2) is 54.6 Å². The number of amides is 1. The van der Waals surface area contributed by atoms with Gasteiger partial charge in [0.2, 0.25) is 0 Å². The molecule has 0 aliphatic carbocycles. The van der Waals surface area contributed by atoms with E-state index in [0.717, 1.165) is 11.3 Å². The number of carbonyl (C=O) groups excluding carboxylic acids is 1. The van der Waals surface area contributed by atoms with E-state index in [1.54, 1.807) is 0 Å². The molecule has 0 radical (unpaired) electrons. The van der Waals surface area contributed by atoms with Gasteiger partial charge < -0.3 is 15.8 Å². The van der Waals surface area contributed by atoms with Crippen LogP contribution in [0.2, 0.25) is 0 Å². The minimum absolute atomic E-state index is 0.0988. The normalized spacial score (nSPS) is 11.8. The van der Waals surface area contributed by atoms with Crippen molar-refractivity contribution in [2.75, 3.05) is 12.3 Å². The zero-order chi connectivity index (χ0) is 18.5. The number of hydrogen-bond acceptors (Lipinski definition) is 5. The lowest BCUT2D eigenvalue weighted by Gasteiger charge is -2.13. The highest BCUT2D eigenvalue weighted by molar-refractivity contribution is 5.96. The molecule has 0 bridgehead atoms. The molecule has 7 nitrogen and oxygen atoms in total. The van der Waals surface area contributed by atoms with E-state index in [0.29, 0.717) is 12.3 Å². The van der Waals surface area contributed by atoms with E-state index >= 15 is 0 Å². The molecule has 0 fully saturated rings. The van der Waals surface area contributed by atoms with E-state index < -0.39 is 0 Å². The van der Waals surface area contributed by atoms with Crippen molar-refractivity contribution >= 4 is 11.7 Å². The van der Waals surface area contributed by atoms with Crippen molar-refractivity contribution in [2.24, 2.45) is 0 Å². The van der Waals surface area contributed by atoms with Gasteiger partial charge in [0.1, 0.15) is 5.75 Å². The van der Waals surface area contributed by atoms with Gasteiger partial charge in [-0.15, -0.1) is 5.10 Å². The predicted molar refractivity (Wildman–Crippen MR) is 99.3 cm³/mol. The first-order chi connectivity index (χ1) is 12.6. The van der Waals surface area contributed by atoms with E-state index in [1.807, 2.05) is 68.4 Å². The van der Waals surface area contributed by atoms with Crippen LogP contribution in [0.5, 0.6) is 5.75 Å². The number of anilines is 1. The number of nitrogens with one attached hydrogen (secondary N) is 1. The molecule has 0 unspecified atom stereocenters. The summed E-state index contributed by atoms with van der Waals surface area (Å²) in [4.78, 5) is 12.5. The molecule has 0 aliphatic heterocycles. The van der Waals surface area contributed by atoms with Crippen LogP contribution in [-0.4, -0.2) is 27.5 Å². The topological polar surface area (TPSA) is 95.1 Å². The first-order valence-corrected chi connectivity index (χ1v) is 8.40. The van der Waals surface area contributed by atoms with Gasteiger partial charge in [0.25, 0.3) is 5.91 Å². The van der Waals surface area contributed by atoms with Crippen LogP contribution in [0, 0.1) is 0 Å². The molecule has 3 rings (SSSR count). The maximum Gasteiger partial charge on any atom is 0.276 e. The molecular weight excluding hydrogens is 330 g/mol. The highest BCUT2D eigenvalue weighted by atomic mass is 16.5. The van der Waals surface area contributed by atoms with Crippen molar-refractivity contribution in [1.82, 2.24) is 20.3 Å². The lowest BCUT2D eigenvalue weighted by molar-refractivity contribution is 0.0935. The second-order valence-corrected chi connectivity index (χ2v) is 5.77. The van der Waals surface area contributed by atoms with E-state index in [1.165, 1.54) is 4.68 Å². The summed E-state index contributed by atoms with van der Waals surface area (Å²) in [5, 5.41) is 10.8. The fraction of sp³-hybridized carbons (Fsp3) is 0.211. The maximum absolute atomic E-state index is 12.5. The fourth-order valence-electron chi connectivity index (χ4n) is 2.58. The molecule has 26 heavy (non-hydrogen) atoms. The Morgan fingerprint density at radius 1 is 1.19 bits per heavy atom. The number of nitrogen functional groups attached to an aromatic ring is 1. The van der Waals surface area contributed by atoms with Gasteiger partial charge in [0.05, 0.1) is 18.3 Å². The van der Waals surface area contributed by atoms with Crippen molar-refractivity contribution in [3.63, 3.8) is 0 Å². The zero-order valence-corrected chi connectivity index (χ0v) is 14.7. The first kappa shape index (κ1) is 17.5. The SMILES string of the molecule is CCOc1ccc(-n2nnc(C(=O)N[C@@H](C)c3ccccc3)c2N)cc1. The van der Waals surface area contributed by atoms with Gasteiger partial charge in [-0.05, 0) is 43.7 Å². The van der Waals surface area contributed by atoms with E-state index in [9.17, 15) is 4.79 Å². The number of rotatable bonds is 6. The minimum Gasteiger partial charge on any atom is -0.494 e. The molecule has 0 spiro atoms. The Balaban J connectivity index is 1.76. The highest BCUT2D eigenvalue weighted by Gasteiger charge is 2.20. The molecule has 3 N–H and O–H groups in total. The summed E-state index contributed by atoms with van der Waals surface area (Å²) in [6, 6.07) is 16.8. The van der Waals surface area contributed by atoms with Crippen LogP contribution in [-0.2, 0) is 0 Å². The minimum atomic E-state index is -0.365. The monoisotopic (exact) mass is 351 g/mol. The molecule has 0 saturated heterocycles. The third kappa shape index (κ3) is 3.66. The molecule has 3 aromatic rings. The molecule has 7 heteroatoms. The standard InChI is InChI=1S/C19H21N5O2/c1-3-26-16-11-9-15(10-12-16)24-18(20)17(22-23-24)19(25)21-13(2)14-7-5-4-6-8-14/h4-13H,3,20H2,1-2H3,(H,21,25)/t13-/m0/s1. The van der Waals surface area contributed by atoms with Crippen LogP contribution >= 0.6 is 0 Å². The first-order valence-electron chi connectivity index (χ1n) is 8.40. The Bertz CT molecular complexity index is 875. The number of hydrogen-bond donors (Lipinski definition) is 2. The van der Waals surface area contributed by atoms with Crippen molar-refractivity contribution < 1.29 is 9.53 Å². The summed E-state index contributed by atoms with van der Waals surface area (Å²) in [6.07, 6.45) is 0. The van der Waals surface area contributed by atoms with E-state index in [4.69, 9.17) is 10.5 Å². The Labute approximate surface area is 151 Å². The van der Waals surface area contributed by atoms with Gasteiger partial charge in [-0.3, -0.25) is 4.79 Å². The molecule has 2 aromatic carbocycles. The maximum atomic E-state index is 12.5. The summed E-state index contributed by atoms with van der Waals surface area (Å²) in [7, 11) is 0. The summed E-state index contributed by atoms with van der Waals surface area (Å²) in [5.74, 6) is 0.576. The lowest BCUT2D eigenvalue weighted by atomic mass is 10.1. The third-order valence-electron chi connectivity index (χ3n) is 3.96. The van der Waals surface area contributed by atoms with Crippen molar-refractivity contribution in [3.05, 3.63) is 65.9 Å². The second kappa shape index (κ2) is 7.69. The fourth-order valence-corrected chi connectivity index (χ4v) is 2.58. The molecular formula is C19H21N5O2. The number of nitrogens with zero attached hydrogens (tertiary/aromatic N) is 3. The number of ether oxygens (including phenoxy) is 1. The van der Waals surface area contributed by atoms with Crippen LogP contribution < -0.4 is 15.8 Å². The van der Waals surface area contributed by atoms with Gasteiger partial charge in [0.15, 0.2) is 11.5 Å². The van der Waals surface area contributed by atoms with Gasteiger partial charge >= 0.3 is 0 Å². The van der Waals surface area contributed by atoms with Crippen LogP contribution in [0.4, 0.5) is 5.82 Å². The van der Waals surface area contributed by atoms with Gasteiger partial charge in [-0.1, -0.05) is 35.5 Å².